The number of nitrogen functional groups attached to an aromatic ring is 1. The average molecular weight is 308 g/mol. The van der Waals surface area contributed by atoms with Crippen LogP contribution in [0.4, 0.5) is 5.82 Å². The van der Waals surface area contributed by atoms with E-state index in [0.717, 1.165) is 11.3 Å². The van der Waals surface area contributed by atoms with Crippen LogP contribution >= 0.6 is 15.9 Å². The number of rotatable bonds is 4. The van der Waals surface area contributed by atoms with E-state index in [9.17, 15) is 0 Å². The van der Waals surface area contributed by atoms with E-state index in [2.05, 4.69) is 25.9 Å². The van der Waals surface area contributed by atoms with Crippen molar-refractivity contribution in [2.24, 2.45) is 0 Å². The van der Waals surface area contributed by atoms with Gasteiger partial charge in [0, 0.05) is 12.2 Å². The van der Waals surface area contributed by atoms with Crippen molar-refractivity contribution < 1.29 is 4.74 Å². The zero-order valence-corrected chi connectivity index (χ0v) is 11.6. The lowest BCUT2D eigenvalue weighted by Gasteiger charge is -2.09. The van der Waals surface area contributed by atoms with E-state index >= 15 is 0 Å². The molecule has 1 heterocycles. The summed E-state index contributed by atoms with van der Waals surface area (Å²) in [6.07, 6.45) is 0. The summed E-state index contributed by atoms with van der Waals surface area (Å²) < 4.78 is 6.03. The number of nitrogens with zero attached hydrogens (tertiary/aromatic N) is 2. The summed E-state index contributed by atoms with van der Waals surface area (Å²) in [6.45, 7) is 2.92. The van der Waals surface area contributed by atoms with Crippen LogP contribution in [-0.2, 0) is 11.3 Å². The Morgan fingerprint density at radius 2 is 1.94 bits per heavy atom. The largest absolute Gasteiger partial charge is 0.383 e. The highest BCUT2D eigenvalue weighted by atomic mass is 79.9. The zero-order valence-electron chi connectivity index (χ0n) is 10.1. The van der Waals surface area contributed by atoms with Crippen LogP contribution in [0.2, 0.25) is 0 Å². The van der Waals surface area contributed by atoms with Crippen molar-refractivity contribution in [1.29, 1.82) is 0 Å². The fraction of sp³-hybridized carbons (Fsp3) is 0.231. The molecule has 5 heteroatoms. The maximum Gasteiger partial charge on any atom is 0.157 e. The molecule has 0 fully saturated rings. The van der Waals surface area contributed by atoms with E-state index in [4.69, 9.17) is 10.5 Å². The molecule has 0 radical (unpaired) electrons. The Hall–Kier alpha value is -1.46. The summed E-state index contributed by atoms with van der Waals surface area (Å²) in [6, 6.07) is 9.85. The normalized spacial score (nSPS) is 10.6. The molecule has 0 spiro atoms. The molecule has 2 aromatic rings. The molecule has 0 amide bonds. The first-order valence-corrected chi connectivity index (χ1v) is 6.46. The van der Waals surface area contributed by atoms with E-state index in [0.29, 0.717) is 29.3 Å². The molecule has 2 N–H and O–H groups in total. The van der Waals surface area contributed by atoms with Crippen LogP contribution in [-0.4, -0.2) is 16.6 Å². The topological polar surface area (TPSA) is 61.0 Å². The molecule has 4 nitrogen and oxygen atoms in total. The van der Waals surface area contributed by atoms with Gasteiger partial charge in [0.15, 0.2) is 5.82 Å². The van der Waals surface area contributed by atoms with Gasteiger partial charge in [-0.3, -0.25) is 0 Å². The van der Waals surface area contributed by atoms with Gasteiger partial charge in [-0.25, -0.2) is 9.97 Å². The molecule has 18 heavy (non-hydrogen) atoms. The lowest BCUT2D eigenvalue weighted by atomic mass is 10.1. The number of benzene rings is 1. The van der Waals surface area contributed by atoms with Gasteiger partial charge < -0.3 is 10.5 Å². The molecule has 0 saturated carbocycles. The Balaban J connectivity index is 2.43. The Bertz CT molecular complexity index is 531. The van der Waals surface area contributed by atoms with E-state index in [-0.39, 0.29) is 0 Å². The predicted octanol–water partition coefficient (Wildman–Crippen LogP) is 3.02. The molecule has 0 unspecified atom stereocenters. The molecule has 0 bridgehead atoms. The summed E-state index contributed by atoms with van der Waals surface area (Å²) in [5.74, 6) is 1.02. The van der Waals surface area contributed by atoms with Crippen molar-refractivity contribution in [3.63, 3.8) is 0 Å². The van der Waals surface area contributed by atoms with Crippen LogP contribution in [0.15, 0.2) is 34.8 Å². The Morgan fingerprint density at radius 3 is 2.61 bits per heavy atom. The SMILES string of the molecule is CCOCc1nc(N)c(Br)c(-c2ccccc2)n1. The van der Waals surface area contributed by atoms with Crippen molar-refractivity contribution in [2.45, 2.75) is 13.5 Å². The maximum atomic E-state index is 5.88. The highest BCUT2D eigenvalue weighted by Crippen LogP contribution is 2.29. The summed E-state index contributed by atoms with van der Waals surface area (Å²) in [5.41, 5.74) is 7.66. The molecule has 0 aliphatic carbocycles. The predicted molar refractivity (Wildman–Crippen MR) is 74.9 cm³/mol. The molecular formula is C13H14BrN3O. The van der Waals surface area contributed by atoms with Gasteiger partial charge >= 0.3 is 0 Å². The number of anilines is 1. The first-order chi connectivity index (χ1) is 8.72. The number of aromatic nitrogens is 2. The molecular weight excluding hydrogens is 294 g/mol. The van der Waals surface area contributed by atoms with Gasteiger partial charge in [0.1, 0.15) is 12.4 Å². The fourth-order valence-corrected chi connectivity index (χ4v) is 1.96. The van der Waals surface area contributed by atoms with Gasteiger partial charge in [0.05, 0.1) is 10.2 Å². The van der Waals surface area contributed by atoms with E-state index in [1.807, 2.05) is 37.3 Å². The highest BCUT2D eigenvalue weighted by molar-refractivity contribution is 9.10. The third kappa shape index (κ3) is 2.86. The minimum Gasteiger partial charge on any atom is -0.383 e. The van der Waals surface area contributed by atoms with Crippen LogP contribution in [0, 0.1) is 0 Å². The monoisotopic (exact) mass is 307 g/mol. The van der Waals surface area contributed by atoms with E-state index < -0.39 is 0 Å². The number of hydrogen-bond donors (Lipinski definition) is 1. The Morgan fingerprint density at radius 1 is 1.22 bits per heavy atom. The van der Waals surface area contributed by atoms with Crippen molar-refractivity contribution in [3.05, 3.63) is 40.6 Å². The van der Waals surface area contributed by atoms with Crippen LogP contribution in [0.5, 0.6) is 0 Å². The van der Waals surface area contributed by atoms with Crippen molar-refractivity contribution in [3.8, 4) is 11.3 Å². The summed E-state index contributed by atoms with van der Waals surface area (Å²) in [5, 5.41) is 0. The Kier molecular flexibility index (Phi) is 4.28. The minimum absolute atomic E-state index is 0.369. The lowest BCUT2D eigenvalue weighted by Crippen LogP contribution is -2.05. The third-order valence-corrected chi connectivity index (χ3v) is 3.19. The van der Waals surface area contributed by atoms with Crippen molar-refractivity contribution in [1.82, 2.24) is 9.97 Å². The molecule has 1 aromatic carbocycles. The van der Waals surface area contributed by atoms with E-state index in [1.54, 1.807) is 0 Å². The van der Waals surface area contributed by atoms with Crippen LogP contribution in [0.25, 0.3) is 11.3 Å². The quantitative estimate of drug-likeness (QED) is 0.943. The highest BCUT2D eigenvalue weighted by Gasteiger charge is 2.11. The second-order valence-electron chi connectivity index (χ2n) is 3.69. The third-order valence-electron chi connectivity index (χ3n) is 2.41. The standard InChI is InChI=1S/C13H14BrN3O/c1-2-18-8-10-16-12(11(14)13(15)17-10)9-6-4-3-5-7-9/h3-7H,2,8H2,1H3,(H2,15,16,17). The average Bonchev–Trinajstić information content (AvgIpc) is 2.41. The zero-order chi connectivity index (χ0) is 13.0. The molecule has 0 aliphatic heterocycles. The molecule has 0 aliphatic rings. The molecule has 2 rings (SSSR count). The van der Waals surface area contributed by atoms with Gasteiger partial charge in [-0.15, -0.1) is 0 Å². The van der Waals surface area contributed by atoms with Gasteiger partial charge in [-0.1, -0.05) is 30.3 Å². The second-order valence-corrected chi connectivity index (χ2v) is 4.48. The first-order valence-electron chi connectivity index (χ1n) is 5.67. The molecule has 0 saturated heterocycles. The van der Waals surface area contributed by atoms with Gasteiger partial charge in [0.2, 0.25) is 0 Å². The lowest BCUT2D eigenvalue weighted by molar-refractivity contribution is 0.128. The van der Waals surface area contributed by atoms with Crippen molar-refractivity contribution >= 4 is 21.7 Å². The number of ether oxygens (including phenoxy) is 1. The second kappa shape index (κ2) is 5.93. The number of hydrogen-bond acceptors (Lipinski definition) is 4. The summed E-state index contributed by atoms with van der Waals surface area (Å²) in [4.78, 5) is 8.67. The van der Waals surface area contributed by atoms with Crippen LogP contribution in [0.3, 0.4) is 0 Å². The van der Waals surface area contributed by atoms with Gasteiger partial charge in [-0.2, -0.15) is 0 Å². The summed E-state index contributed by atoms with van der Waals surface area (Å²) in [7, 11) is 0. The molecule has 0 atom stereocenters. The van der Waals surface area contributed by atoms with Crippen molar-refractivity contribution in [2.75, 3.05) is 12.3 Å². The van der Waals surface area contributed by atoms with Crippen LogP contribution < -0.4 is 5.73 Å². The molecule has 1 aromatic heterocycles. The first kappa shape index (κ1) is 13.0. The molecule has 94 valence electrons. The summed E-state index contributed by atoms with van der Waals surface area (Å²) >= 11 is 3.43. The maximum absolute atomic E-state index is 5.88. The fourth-order valence-electron chi connectivity index (χ4n) is 1.56. The van der Waals surface area contributed by atoms with Gasteiger partial charge in [-0.05, 0) is 22.9 Å². The number of nitrogens with two attached hydrogens (primary N) is 1. The van der Waals surface area contributed by atoms with Crippen LogP contribution in [0.1, 0.15) is 12.7 Å². The Labute approximate surface area is 114 Å². The number of halogens is 1. The van der Waals surface area contributed by atoms with Gasteiger partial charge in [0.25, 0.3) is 0 Å². The minimum atomic E-state index is 0.369. The smallest absolute Gasteiger partial charge is 0.157 e. The van der Waals surface area contributed by atoms with E-state index in [1.165, 1.54) is 0 Å².